The molecule has 3 rings (SSSR count). The first-order valence-corrected chi connectivity index (χ1v) is 8.31. The number of carbonyl (C=O) groups is 3. The normalized spacial score (nSPS) is 16.4. The van der Waals surface area contributed by atoms with Crippen LogP contribution in [0.1, 0.15) is 22.5 Å². The van der Waals surface area contributed by atoms with E-state index in [1.165, 1.54) is 30.4 Å². The molecule has 0 spiro atoms. The van der Waals surface area contributed by atoms with E-state index in [1.807, 2.05) is 0 Å². The van der Waals surface area contributed by atoms with E-state index in [0.717, 1.165) is 6.07 Å². The predicted octanol–water partition coefficient (Wildman–Crippen LogP) is 2.20. The Labute approximate surface area is 154 Å². The molecule has 1 amide bonds. The van der Waals surface area contributed by atoms with Crippen LogP contribution in [0.3, 0.4) is 0 Å². The molecule has 0 radical (unpaired) electrons. The van der Waals surface area contributed by atoms with E-state index in [-0.39, 0.29) is 36.7 Å². The van der Waals surface area contributed by atoms with Gasteiger partial charge in [-0.05, 0) is 30.3 Å². The van der Waals surface area contributed by atoms with Crippen molar-refractivity contribution in [3.63, 3.8) is 0 Å². The fraction of sp³-hybridized carbons (Fsp3) is 0.316. The quantitative estimate of drug-likeness (QED) is 0.545. The van der Waals surface area contributed by atoms with Crippen molar-refractivity contribution in [3.05, 3.63) is 53.7 Å². The summed E-state index contributed by atoms with van der Waals surface area (Å²) in [6.45, 7) is -0.0909. The van der Waals surface area contributed by atoms with Crippen LogP contribution in [0.5, 0.6) is 5.75 Å². The number of nitrogens with zero attached hydrogens (tertiary/aromatic N) is 1. The lowest BCUT2D eigenvalue weighted by Crippen LogP contribution is -2.27. The second-order valence-corrected chi connectivity index (χ2v) is 6.13. The maximum Gasteiger partial charge on any atom is 0.311 e. The number of methoxy groups -OCH3 is 1. The van der Waals surface area contributed by atoms with Gasteiger partial charge in [0.05, 0.1) is 31.4 Å². The minimum atomic E-state index is -0.658. The zero-order valence-corrected chi connectivity index (χ0v) is 14.6. The van der Waals surface area contributed by atoms with Gasteiger partial charge in [-0.3, -0.25) is 14.4 Å². The summed E-state index contributed by atoms with van der Waals surface area (Å²) in [5.74, 6) is -1.86. The smallest absolute Gasteiger partial charge is 0.311 e. The zero-order valence-electron chi connectivity index (χ0n) is 14.6. The number of hydrogen-bond acceptors (Lipinski definition) is 6. The van der Waals surface area contributed by atoms with Gasteiger partial charge in [-0.2, -0.15) is 0 Å². The maximum absolute atomic E-state index is 13.4. The molecule has 1 aliphatic heterocycles. The number of hydrogen-bond donors (Lipinski definition) is 0. The van der Waals surface area contributed by atoms with E-state index in [4.69, 9.17) is 13.9 Å². The molecule has 2 heterocycles. The van der Waals surface area contributed by atoms with Gasteiger partial charge in [-0.25, -0.2) is 4.39 Å². The number of rotatable bonds is 7. The molecule has 1 aromatic heterocycles. The number of amides is 1. The minimum Gasteiger partial charge on any atom is -0.496 e. The Hall–Kier alpha value is -3.16. The molecule has 1 aromatic carbocycles. The first-order valence-electron chi connectivity index (χ1n) is 8.31. The van der Waals surface area contributed by atoms with Gasteiger partial charge < -0.3 is 18.8 Å². The van der Waals surface area contributed by atoms with E-state index >= 15 is 0 Å². The summed E-state index contributed by atoms with van der Waals surface area (Å²) in [5.41, 5.74) is -0.00718. The number of esters is 1. The number of carbonyl (C=O) groups excluding carboxylic acids is 3. The Morgan fingerprint density at radius 2 is 2.15 bits per heavy atom. The summed E-state index contributed by atoms with van der Waals surface area (Å²) in [7, 11) is 1.35. The molecule has 0 saturated carbocycles. The maximum atomic E-state index is 13.4. The van der Waals surface area contributed by atoms with Gasteiger partial charge in [0.1, 0.15) is 17.3 Å². The molecule has 0 N–H and O–H groups in total. The molecule has 0 aliphatic carbocycles. The second-order valence-electron chi connectivity index (χ2n) is 6.13. The van der Waals surface area contributed by atoms with Crippen LogP contribution in [0.4, 0.5) is 4.39 Å². The second kappa shape index (κ2) is 8.03. The zero-order chi connectivity index (χ0) is 19.4. The Morgan fingerprint density at radius 1 is 1.33 bits per heavy atom. The van der Waals surface area contributed by atoms with E-state index in [1.54, 1.807) is 12.1 Å². The van der Waals surface area contributed by atoms with E-state index < -0.39 is 30.1 Å². The Bertz CT molecular complexity index is 848. The monoisotopic (exact) mass is 375 g/mol. The van der Waals surface area contributed by atoms with Gasteiger partial charge in [0.2, 0.25) is 11.7 Å². The number of ketones is 1. The average Bonchev–Trinajstić information content (AvgIpc) is 3.30. The summed E-state index contributed by atoms with van der Waals surface area (Å²) < 4.78 is 28.6. The highest BCUT2D eigenvalue weighted by atomic mass is 19.1. The molecule has 1 saturated heterocycles. The number of likely N-dealkylation sites (tertiary alicyclic amines) is 1. The molecular formula is C19H18FNO6. The van der Waals surface area contributed by atoms with Gasteiger partial charge in [0.15, 0.2) is 6.61 Å². The van der Waals surface area contributed by atoms with E-state index in [2.05, 4.69) is 0 Å². The minimum absolute atomic E-state index is 0.00718. The van der Waals surface area contributed by atoms with Gasteiger partial charge in [-0.1, -0.05) is 0 Å². The highest BCUT2D eigenvalue weighted by Gasteiger charge is 2.36. The number of benzene rings is 1. The number of halogens is 1. The first kappa shape index (κ1) is 18.6. The van der Waals surface area contributed by atoms with Gasteiger partial charge in [0.25, 0.3) is 0 Å². The lowest BCUT2D eigenvalue weighted by Gasteiger charge is -2.14. The van der Waals surface area contributed by atoms with Crippen molar-refractivity contribution < 1.29 is 32.7 Å². The lowest BCUT2D eigenvalue weighted by molar-refractivity contribution is -0.147. The Kier molecular flexibility index (Phi) is 5.54. The lowest BCUT2D eigenvalue weighted by atomic mass is 10.1. The fourth-order valence-corrected chi connectivity index (χ4v) is 2.90. The molecule has 1 fully saturated rings. The molecular weight excluding hydrogens is 357 g/mol. The van der Waals surface area contributed by atoms with Crippen LogP contribution in [0, 0.1) is 11.7 Å². The molecule has 1 aliphatic rings. The summed E-state index contributed by atoms with van der Waals surface area (Å²) >= 11 is 0. The Balaban J connectivity index is 1.56. The standard InChI is InChI=1S/C19H18FNO6/c1-25-17-5-4-13(20)8-15(17)16(22)11-27-19(24)12-7-18(23)21(9-12)10-14-3-2-6-26-14/h2-6,8,12H,7,9-11H2,1H3/t12-/m1/s1. The molecule has 27 heavy (non-hydrogen) atoms. The van der Waals surface area contributed by atoms with Crippen LogP contribution >= 0.6 is 0 Å². The molecule has 0 bridgehead atoms. The molecule has 1 atom stereocenters. The van der Waals surface area contributed by atoms with Crippen LogP contribution < -0.4 is 4.74 Å². The van der Waals surface area contributed by atoms with Crippen LogP contribution in [0.15, 0.2) is 41.0 Å². The molecule has 8 heteroatoms. The van der Waals surface area contributed by atoms with Crippen molar-refractivity contribution in [3.8, 4) is 5.75 Å². The van der Waals surface area contributed by atoms with E-state index in [0.29, 0.717) is 5.76 Å². The van der Waals surface area contributed by atoms with Gasteiger partial charge in [-0.15, -0.1) is 0 Å². The predicted molar refractivity (Wildman–Crippen MR) is 90.5 cm³/mol. The van der Waals surface area contributed by atoms with Crippen molar-refractivity contribution in [1.29, 1.82) is 0 Å². The third-order valence-electron chi connectivity index (χ3n) is 4.28. The Morgan fingerprint density at radius 3 is 2.85 bits per heavy atom. The number of furan rings is 1. The fourth-order valence-electron chi connectivity index (χ4n) is 2.90. The molecule has 7 nitrogen and oxygen atoms in total. The molecule has 2 aromatic rings. The van der Waals surface area contributed by atoms with Crippen LogP contribution in [0.25, 0.3) is 0 Å². The summed E-state index contributed by atoms with van der Waals surface area (Å²) in [4.78, 5) is 38.0. The van der Waals surface area contributed by atoms with Crippen LogP contribution in [-0.2, 0) is 20.9 Å². The van der Waals surface area contributed by atoms with Crippen molar-refractivity contribution in [2.24, 2.45) is 5.92 Å². The highest BCUT2D eigenvalue weighted by Crippen LogP contribution is 2.23. The SMILES string of the molecule is COc1ccc(F)cc1C(=O)COC(=O)[C@@H]1CC(=O)N(Cc2ccco2)C1. The van der Waals surface area contributed by atoms with Crippen LogP contribution in [-0.4, -0.2) is 42.8 Å². The third-order valence-corrected chi connectivity index (χ3v) is 4.28. The largest absolute Gasteiger partial charge is 0.496 e. The average molecular weight is 375 g/mol. The van der Waals surface area contributed by atoms with Crippen LogP contribution in [0.2, 0.25) is 0 Å². The van der Waals surface area contributed by atoms with Gasteiger partial charge >= 0.3 is 5.97 Å². The summed E-state index contributed by atoms with van der Waals surface area (Å²) in [5, 5.41) is 0. The van der Waals surface area contributed by atoms with Gasteiger partial charge in [0, 0.05) is 13.0 Å². The molecule has 0 unspecified atom stereocenters. The van der Waals surface area contributed by atoms with Crippen molar-refractivity contribution in [2.75, 3.05) is 20.3 Å². The first-order chi connectivity index (χ1) is 13.0. The van der Waals surface area contributed by atoms with Crippen molar-refractivity contribution in [2.45, 2.75) is 13.0 Å². The van der Waals surface area contributed by atoms with Crippen molar-refractivity contribution in [1.82, 2.24) is 4.90 Å². The summed E-state index contributed by atoms with van der Waals surface area (Å²) in [6, 6.07) is 6.98. The number of ether oxygens (including phenoxy) is 2. The van der Waals surface area contributed by atoms with E-state index in [9.17, 15) is 18.8 Å². The van der Waals surface area contributed by atoms with Crippen molar-refractivity contribution >= 4 is 17.7 Å². The third kappa shape index (κ3) is 4.33. The molecule has 142 valence electrons. The summed E-state index contributed by atoms with van der Waals surface area (Å²) in [6.07, 6.45) is 1.52. The highest BCUT2D eigenvalue weighted by molar-refractivity contribution is 6.00. The number of Topliss-reactive ketones (excluding diaryl/α,β-unsaturated/α-hetero) is 1. The topological polar surface area (TPSA) is 86.0 Å².